The smallest absolute Gasteiger partial charge is 0.253 e. The number of carbonyl (C=O) groups is 1. The third kappa shape index (κ3) is 6.12. The van der Waals surface area contributed by atoms with Crippen molar-refractivity contribution in [3.05, 3.63) is 112 Å². The topological polar surface area (TPSA) is 38.1 Å². The number of aromatic nitrogens is 2. The van der Waals surface area contributed by atoms with Crippen LogP contribution in [0.1, 0.15) is 123 Å². The lowest BCUT2D eigenvalue weighted by molar-refractivity contribution is 0.0708. The van der Waals surface area contributed by atoms with Crippen molar-refractivity contribution in [2.75, 3.05) is 13.1 Å². The summed E-state index contributed by atoms with van der Waals surface area (Å²) in [6.07, 6.45) is 8.03. The first-order valence-corrected chi connectivity index (χ1v) is 16.6. The normalized spacial score (nSPS) is 17.5. The van der Waals surface area contributed by atoms with Crippen molar-refractivity contribution >= 4 is 28.6 Å². The lowest BCUT2D eigenvalue weighted by Crippen LogP contribution is -2.38. The molecule has 1 amide bonds. The van der Waals surface area contributed by atoms with Crippen LogP contribution in [0.25, 0.3) is 22.7 Å². The summed E-state index contributed by atoms with van der Waals surface area (Å²) >= 11 is 0. The van der Waals surface area contributed by atoms with Crippen LogP contribution in [0.5, 0.6) is 0 Å². The second-order valence-corrected chi connectivity index (χ2v) is 12.4. The number of benzene rings is 3. The summed E-state index contributed by atoms with van der Waals surface area (Å²) in [5.74, 6) is 1.20. The average molecular weight is 608 g/mol. The molecule has 234 valence electrons. The summed E-state index contributed by atoms with van der Waals surface area (Å²) in [5.41, 5.74) is 8.08. The average Bonchev–Trinajstić information content (AvgIpc) is 3.88. The van der Waals surface area contributed by atoms with E-state index in [2.05, 4.69) is 19.1 Å². The number of allylic oxidation sites excluding steroid dienone is 2. The molecule has 1 atom stereocenters. The second kappa shape index (κ2) is 13.1. The van der Waals surface area contributed by atoms with E-state index in [1.807, 2.05) is 80.3 Å². The van der Waals surface area contributed by atoms with Gasteiger partial charge >= 0.3 is 0 Å². The monoisotopic (exact) mass is 607 g/mol. The molecule has 6 heteroatoms. The summed E-state index contributed by atoms with van der Waals surface area (Å²) in [5, 5.41) is 0. The van der Waals surface area contributed by atoms with Crippen LogP contribution in [0.2, 0.25) is 0 Å². The zero-order chi connectivity index (χ0) is 31.7. The molecular formula is C39H43F2N3O. The zero-order valence-electron chi connectivity index (χ0n) is 26.8. The number of hydrogen-bond donors (Lipinski definition) is 0. The Bertz CT molecular complexity index is 1770. The van der Waals surface area contributed by atoms with Gasteiger partial charge in [0.25, 0.3) is 5.91 Å². The van der Waals surface area contributed by atoms with Gasteiger partial charge in [0.15, 0.2) is 6.30 Å². The molecule has 0 radical (unpaired) electrons. The SMILES string of the molecule is CC.CCC(F)n1c(C2CCN(C(=O)c3ccc4c(c3)C=C(C)CC=C4c3cc(C4CC4)ccc3F)CC2)nc2ccccc21. The Kier molecular flexibility index (Phi) is 9.02. The fourth-order valence-electron chi connectivity index (χ4n) is 6.78. The Morgan fingerprint density at radius 1 is 0.956 bits per heavy atom. The van der Waals surface area contributed by atoms with Gasteiger partial charge in [-0.1, -0.05) is 62.8 Å². The number of hydrogen-bond acceptors (Lipinski definition) is 2. The molecule has 3 aromatic carbocycles. The van der Waals surface area contributed by atoms with Gasteiger partial charge in [0.1, 0.15) is 11.6 Å². The fourth-order valence-corrected chi connectivity index (χ4v) is 6.78. The fraction of sp³-hybridized carbons (Fsp3) is 0.385. The number of amides is 1. The van der Waals surface area contributed by atoms with Crippen molar-refractivity contribution < 1.29 is 13.6 Å². The summed E-state index contributed by atoms with van der Waals surface area (Å²) in [6.45, 7) is 9.10. The lowest BCUT2D eigenvalue weighted by atomic mass is 9.90. The number of piperidine rings is 1. The standard InChI is InChI=1S/C37H37F2N3O.C2H6/c1-3-35(39)42-34-7-5-4-6-33(34)40-36(42)25-16-18-41(19-17-25)37(43)27-11-14-29-28(21-27)20-23(2)8-13-30(29)31-22-26(24-9-10-24)12-15-32(31)38;1-2/h4-7,11-15,20-22,24-25,35H,3,8-10,16-19H2,1-2H3;1-2H3. The molecule has 2 heterocycles. The number of imidazole rings is 1. The summed E-state index contributed by atoms with van der Waals surface area (Å²) in [6, 6.07) is 19.1. The van der Waals surface area contributed by atoms with E-state index in [4.69, 9.17) is 4.98 Å². The van der Waals surface area contributed by atoms with Gasteiger partial charge in [-0.05, 0) is 110 Å². The maximum atomic E-state index is 15.2. The minimum atomic E-state index is -1.12. The number of rotatable bonds is 6. The molecule has 4 aromatic rings. The van der Waals surface area contributed by atoms with Crippen LogP contribution in [0.4, 0.5) is 8.78 Å². The van der Waals surface area contributed by atoms with Crippen molar-refractivity contribution in [2.24, 2.45) is 0 Å². The Hall–Kier alpha value is -4.06. The van der Waals surface area contributed by atoms with Gasteiger partial charge < -0.3 is 4.90 Å². The summed E-state index contributed by atoms with van der Waals surface area (Å²) < 4.78 is 32.0. The molecule has 2 aliphatic carbocycles. The van der Waals surface area contributed by atoms with Crippen LogP contribution in [0, 0.1) is 5.82 Å². The molecule has 1 aliphatic heterocycles. The second-order valence-electron chi connectivity index (χ2n) is 12.4. The molecule has 1 aromatic heterocycles. The molecule has 1 saturated carbocycles. The van der Waals surface area contributed by atoms with Crippen LogP contribution < -0.4 is 0 Å². The highest BCUT2D eigenvalue weighted by molar-refractivity contribution is 5.97. The summed E-state index contributed by atoms with van der Waals surface area (Å²) in [4.78, 5) is 20.5. The van der Waals surface area contributed by atoms with Crippen LogP contribution in [-0.2, 0) is 0 Å². The van der Waals surface area contributed by atoms with E-state index < -0.39 is 6.30 Å². The highest BCUT2D eigenvalue weighted by Gasteiger charge is 2.30. The van der Waals surface area contributed by atoms with E-state index in [0.717, 1.165) is 52.8 Å². The first-order chi connectivity index (χ1) is 21.9. The Morgan fingerprint density at radius 2 is 1.71 bits per heavy atom. The Morgan fingerprint density at radius 3 is 2.44 bits per heavy atom. The number of nitrogens with zero attached hydrogens (tertiary/aromatic N) is 3. The van der Waals surface area contributed by atoms with Gasteiger partial charge in [0, 0.05) is 30.1 Å². The van der Waals surface area contributed by atoms with Crippen LogP contribution >= 0.6 is 0 Å². The number of alkyl halides is 1. The summed E-state index contributed by atoms with van der Waals surface area (Å²) in [7, 11) is 0. The molecule has 45 heavy (non-hydrogen) atoms. The van der Waals surface area contributed by atoms with Gasteiger partial charge in [0.05, 0.1) is 11.0 Å². The molecule has 0 N–H and O–H groups in total. The van der Waals surface area contributed by atoms with Crippen molar-refractivity contribution in [1.29, 1.82) is 0 Å². The van der Waals surface area contributed by atoms with Crippen LogP contribution in [0.3, 0.4) is 0 Å². The number of para-hydroxylation sites is 2. The van der Waals surface area contributed by atoms with E-state index in [1.54, 1.807) is 10.6 Å². The first kappa shape index (κ1) is 30.9. The maximum absolute atomic E-state index is 15.2. The number of likely N-dealkylation sites (tertiary alicyclic amines) is 1. The molecule has 1 unspecified atom stereocenters. The predicted octanol–water partition coefficient (Wildman–Crippen LogP) is 10.2. The molecule has 0 spiro atoms. The minimum Gasteiger partial charge on any atom is -0.339 e. The van der Waals surface area contributed by atoms with Crippen LogP contribution in [-0.4, -0.2) is 33.4 Å². The Labute approximate surface area is 265 Å². The molecule has 2 fully saturated rings. The van der Waals surface area contributed by atoms with Crippen molar-refractivity contribution in [3.8, 4) is 0 Å². The molecule has 4 nitrogen and oxygen atoms in total. The lowest BCUT2D eigenvalue weighted by Gasteiger charge is -2.32. The minimum absolute atomic E-state index is 0.00517. The largest absolute Gasteiger partial charge is 0.339 e. The third-order valence-corrected chi connectivity index (χ3v) is 9.34. The number of carbonyl (C=O) groups excluding carboxylic acids is 1. The molecular weight excluding hydrogens is 564 g/mol. The van der Waals surface area contributed by atoms with E-state index in [-0.39, 0.29) is 17.6 Å². The molecule has 7 rings (SSSR count). The van der Waals surface area contributed by atoms with Gasteiger partial charge in [-0.15, -0.1) is 0 Å². The van der Waals surface area contributed by atoms with Crippen molar-refractivity contribution in [3.63, 3.8) is 0 Å². The predicted molar refractivity (Wildman–Crippen MR) is 180 cm³/mol. The molecule has 3 aliphatic rings. The van der Waals surface area contributed by atoms with E-state index in [0.29, 0.717) is 36.6 Å². The Balaban J connectivity index is 0.00000175. The molecule has 1 saturated heterocycles. The first-order valence-electron chi connectivity index (χ1n) is 16.6. The van der Waals surface area contributed by atoms with Crippen molar-refractivity contribution in [1.82, 2.24) is 14.5 Å². The third-order valence-electron chi connectivity index (χ3n) is 9.34. The van der Waals surface area contributed by atoms with Gasteiger partial charge in [-0.3, -0.25) is 9.36 Å². The quantitative estimate of drug-likeness (QED) is 0.219. The van der Waals surface area contributed by atoms with Crippen molar-refractivity contribution in [2.45, 2.75) is 84.4 Å². The highest BCUT2D eigenvalue weighted by Crippen LogP contribution is 2.42. The van der Waals surface area contributed by atoms with Gasteiger partial charge in [-0.2, -0.15) is 0 Å². The van der Waals surface area contributed by atoms with E-state index in [9.17, 15) is 4.79 Å². The van der Waals surface area contributed by atoms with E-state index >= 15 is 8.78 Å². The zero-order valence-corrected chi connectivity index (χ0v) is 26.8. The van der Waals surface area contributed by atoms with Gasteiger partial charge in [0.2, 0.25) is 0 Å². The highest BCUT2D eigenvalue weighted by atomic mass is 19.1. The maximum Gasteiger partial charge on any atom is 0.253 e. The molecule has 0 bridgehead atoms. The van der Waals surface area contributed by atoms with E-state index in [1.165, 1.54) is 24.0 Å². The number of halogens is 2. The van der Waals surface area contributed by atoms with Gasteiger partial charge in [-0.25, -0.2) is 13.8 Å². The van der Waals surface area contributed by atoms with Crippen LogP contribution in [0.15, 0.2) is 72.3 Å². The number of fused-ring (bicyclic) bond motifs is 2.